The average Bonchev–Trinajstić information content (AvgIpc) is 3.33. The van der Waals surface area contributed by atoms with Gasteiger partial charge in [-0.25, -0.2) is 0 Å². The molecule has 4 aromatic rings. The Hall–Kier alpha value is -3.32. The molecule has 0 bridgehead atoms. The zero-order valence-corrected chi connectivity index (χ0v) is 19.2. The lowest BCUT2D eigenvalue weighted by atomic mass is 9.94. The van der Waals surface area contributed by atoms with Crippen LogP contribution < -0.4 is 0 Å². The maximum absolute atomic E-state index is 5.62. The highest BCUT2D eigenvalue weighted by Crippen LogP contribution is 2.31. The molecule has 0 atom stereocenters. The van der Waals surface area contributed by atoms with E-state index in [0.29, 0.717) is 38.1 Å². The Balaban J connectivity index is 1.58. The molecule has 0 spiro atoms. The van der Waals surface area contributed by atoms with Crippen molar-refractivity contribution in [2.75, 3.05) is 27.4 Å². The molecule has 1 heterocycles. The Labute approximate surface area is 194 Å². The number of aryl methyl sites for hydroxylation is 1. The number of hydrogen-bond donors (Lipinski definition) is 0. The van der Waals surface area contributed by atoms with Gasteiger partial charge in [0.2, 0.25) is 5.82 Å². The van der Waals surface area contributed by atoms with E-state index in [4.69, 9.17) is 18.7 Å². The lowest BCUT2D eigenvalue weighted by Crippen LogP contribution is -2.01. The van der Waals surface area contributed by atoms with Crippen molar-refractivity contribution < 1.29 is 18.7 Å². The van der Waals surface area contributed by atoms with Crippen LogP contribution in [0.1, 0.15) is 16.7 Å². The van der Waals surface area contributed by atoms with Gasteiger partial charge in [0, 0.05) is 25.3 Å². The van der Waals surface area contributed by atoms with Gasteiger partial charge in [-0.15, -0.1) is 0 Å². The SMILES string of the molecule is COCCOCc1cccc(-c2noc(-c3ccc(-c4ccccc4C)c(COC)c3)n2)c1. The molecule has 170 valence electrons. The summed E-state index contributed by atoms with van der Waals surface area (Å²) in [5.74, 6) is 1.01. The molecule has 6 nitrogen and oxygen atoms in total. The molecule has 1 aromatic heterocycles. The molecule has 6 heteroatoms. The van der Waals surface area contributed by atoms with Gasteiger partial charge < -0.3 is 18.7 Å². The summed E-state index contributed by atoms with van der Waals surface area (Å²) < 4.78 is 21.7. The smallest absolute Gasteiger partial charge is 0.258 e. The van der Waals surface area contributed by atoms with E-state index in [-0.39, 0.29) is 0 Å². The first-order valence-corrected chi connectivity index (χ1v) is 10.9. The van der Waals surface area contributed by atoms with E-state index in [0.717, 1.165) is 27.8 Å². The summed E-state index contributed by atoms with van der Waals surface area (Å²) in [6.07, 6.45) is 0. The Morgan fingerprint density at radius 2 is 1.67 bits per heavy atom. The van der Waals surface area contributed by atoms with Crippen LogP contribution in [0.25, 0.3) is 34.0 Å². The van der Waals surface area contributed by atoms with Gasteiger partial charge in [-0.05, 0) is 52.9 Å². The molecule has 33 heavy (non-hydrogen) atoms. The second kappa shape index (κ2) is 11.0. The summed E-state index contributed by atoms with van der Waals surface area (Å²) in [6, 6.07) is 22.4. The molecule has 0 N–H and O–H groups in total. The fourth-order valence-electron chi connectivity index (χ4n) is 3.73. The number of hydrogen-bond acceptors (Lipinski definition) is 6. The molecular weight excluding hydrogens is 416 g/mol. The van der Waals surface area contributed by atoms with E-state index < -0.39 is 0 Å². The quantitative estimate of drug-likeness (QED) is 0.293. The lowest BCUT2D eigenvalue weighted by molar-refractivity contribution is 0.0617. The lowest BCUT2D eigenvalue weighted by Gasteiger charge is -2.12. The van der Waals surface area contributed by atoms with Crippen LogP contribution in [0, 0.1) is 6.92 Å². The molecular formula is C27H28N2O4. The fraction of sp³-hybridized carbons (Fsp3) is 0.259. The fourth-order valence-corrected chi connectivity index (χ4v) is 3.73. The molecule has 0 radical (unpaired) electrons. The second-order valence-corrected chi connectivity index (χ2v) is 7.79. The summed E-state index contributed by atoms with van der Waals surface area (Å²) in [5.41, 5.74) is 7.39. The van der Waals surface area contributed by atoms with Crippen molar-refractivity contribution in [1.82, 2.24) is 10.1 Å². The van der Waals surface area contributed by atoms with Crippen molar-refractivity contribution in [3.8, 4) is 34.0 Å². The third-order valence-corrected chi connectivity index (χ3v) is 5.40. The summed E-state index contributed by atoms with van der Waals surface area (Å²) in [6.45, 7) is 4.23. The van der Waals surface area contributed by atoms with Crippen molar-refractivity contribution >= 4 is 0 Å². The van der Waals surface area contributed by atoms with Gasteiger partial charge in [-0.3, -0.25) is 0 Å². The monoisotopic (exact) mass is 444 g/mol. The number of rotatable bonds is 10. The number of nitrogens with zero attached hydrogens (tertiary/aromatic N) is 2. The van der Waals surface area contributed by atoms with E-state index in [1.54, 1.807) is 14.2 Å². The van der Waals surface area contributed by atoms with E-state index in [9.17, 15) is 0 Å². The van der Waals surface area contributed by atoms with Crippen molar-refractivity contribution in [2.24, 2.45) is 0 Å². The van der Waals surface area contributed by atoms with Crippen molar-refractivity contribution in [1.29, 1.82) is 0 Å². The highest BCUT2D eigenvalue weighted by Gasteiger charge is 2.15. The molecule has 0 saturated carbocycles. The predicted octanol–water partition coefficient (Wildman–Crippen LogP) is 5.69. The van der Waals surface area contributed by atoms with Crippen LogP contribution in [-0.2, 0) is 27.4 Å². The van der Waals surface area contributed by atoms with Crippen LogP contribution in [-0.4, -0.2) is 37.6 Å². The van der Waals surface area contributed by atoms with E-state index in [1.807, 2.05) is 42.5 Å². The van der Waals surface area contributed by atoms with Crippen LogP contribution in [0.2, 0.25) is 0 Å². The summed E-state index contributed by atoms with van der Waals surface area (Å²) in [5, 5.41) is 4.21. The minimum atomic E-state index is 0.473. The van der Waals surface area contributed by atoms with Gasteiger partial charge in [0.25, 0.3) is 5.89 Å². The van der Waals surface area contributed by atoms with Gasteiger partial charge in [0.15, 0.2) is 0 Å². The zero-order chi connectivity index (χ0) is 23.0. The van der Waals surface area contributed by atoms with E-state index in [2.05, 4.69) is 41.3 Å². The first-order valence-electron chi connectivity index (χ1n) is 10.9. The normalized spacial score (nSPS) is 11.1. The Kier molecular flexibility index (Phi) is 7.62. The maximum Gasteiger partial charge on any atom is 0.258 e. The molecule has 3 aromatic carbocycles. The molecule has 4 rings (SSSR count). The summed E-state index contributed by atoms with van der Waals surface area (Å²) in [7, 11) is 3.36. The minimum Gasteiger partial charge on any atom is -0.382 e. The first-order chi connectivity index (χ1) is 16.2. The Bertz CT molecular complexity index is 1200. The van der Waals surface area contributed by atoms with Gasteiger partial charge in [-0.1, -0.05) is 53.7 Å². The zero-order valence-electron chi connectivity index (χ0n) is 19.2. The number of benzene rings is 3. The van der Waals surface area contributed by atoms with Gasteiger partial charge >= 0.3 is 0 Å². The van der Waals surface area contributed by atoms with Crippen molar-refractivity contribution in [2.45, 2.75) is 20.1 Å². The van der Waals surface area contributed by atoms with Crippen molar-refractivity contribution in [3.63, 3.8) is 0 Å². The van der Waals surface area contributed by atoms with Crippen LogP contribution >= 0.6 is 0 Å². The van der Waals surface area contributed by atoms with Crippen LogP contribution in [0.4, 0.5) is 0 Å². The predicted molar refractivity (Wildman–Crippen MR) is 128 cm³/mol. The molecule has 0 aliphatic heterocycles. The molecule has 0 aliphatic carbocycles. The average molecular weight is 445 g/mol. The molecule has 0 fully saturated rings. The maximum atomic E-state index is 5.62. The topological polar surface area (TPSA) is 66.6 Å². The number of ether oxygens (including phenoxy) is 3. The minimum absolute atomic E-state index is 0.473. The second-order valence-electron chi connectivity index (χ2n) is 7.79. The summed E-state index contributed by atoms with van der Waals surface area (Å²) >= 11 is 0. The number of methoxy groups -OCH3 is 2. The standard InChI is InChI=1S/C27H28N2O4/c1-19-7-4-5-10-24(19)25-12-11-22(16-23(25)18-31-3)27-28-26(29-33-27)21-9-6-8-20(15-21)17-32-14-13-30-2/h4-12,15-16H,13-14,17-18H2,1-3H3. The van der Waals surface area contributed by atoms with Crippen LogP contribution in [0.5, 0.6) is 0 Å². The Morgan fingerprint density at radius 3 is 2.48 bits per heavy atom. The van der Waals surface area contributed by atoms with Crippen LogP contribution in [0.15, 0.2) is 71.3 Å². The van der Waals surface area contributed by atoms with Crippen molar-refractivity contribution in [3.05, 3.63) is 83.4 Å². The molecule has 0 amide bonds. The molecule has 0 saturated heterocycles. The number of aromatic nitrogens is 2. The molecule has 0 aliphatic rings. The van der Waals surface area contributed by atoms with E-state index >= 15 is 0 Å². The van der Waals surface area contributed by atoms with Gasteiger partial charge in [0.1, 0.15) is 0 Å². The molecule has 0 unspecified atom stereocenters. The van der Waals surface area contributed by atoms with E-state index in [1.165, 1.54) is 11.1 Å². The van der Waals surface area contributed by atoms with Gasteiger partial charge in [-0.2, -0.15) is 4.98 Å². The Morgan fingerprint density at radius 1 is 0.788 bits per heavy atom. The summed E-state index contributed by atoms with van der Waals surface area (Å²) in [4.78, 5) is 4.64. The third-order valence-electron chi connectivity index (χ3n) is 5.40. The van der Waals surface area contributed by atoms with Crippen LogP contribution in [0.3, 0.4) is 0 Å². The highest BCUT2D eigenvalue weighted by molar-refractivity contribution is 5.74. The highest BCUT2D eigenvalue weighted by atomic mass is 16.5. The first kappa shape index (κ1) is 22.9. The van der Waals surface area contributed by atoms with Gasteiger partial charge in [0.05, 0.1) is 26.4 Å². The largest absolute Gasteiger partial charge is 0.382 e. The third kappa shape index (κ3) is 5.54.